The molecule has 140 valence electrons. The zero-order valence-electron chi connectivity index (χ0n) is 15.8. The fraction of sp³-hybridized carbons (Fsp3) is 0.944. The van der Waals surface area contributed by atoms with Crippen molar-refractivity contribution in [1.82, 2.24) is 15.5 Å². The molecule has 1 atom stereocenters. The van der Waals surface area contributed by atoms with Gasteiger partial charge in [0.15, 0.2) is 5.96 Å². The van der Waals surface area contributed by atoms with Crippen LogP contribution >= 0.6 is 0 Å². The molecule has 2 aliphatic rings. The van der Waals surface area contributed by atoms with Gasteiger partial charge in [0.2, 0.25) is 0 Å². The average molecular weight is 341 g/mol. The third-order valence-corrected chi connectivity index (χ3v) is 5.26. The van der Waals surface area contributed by atoms with Crippen molar-refractivity contribution in [3.63, 3.8) is 0 Å². The van der Waals surface area contributed by atoms with Crippen molar-refractivity contribution < 1.29 is 9.47 Å². The lowest BCUT2D eigenvalue weighted by Crippen LogP contribution is -2.48. The highest BCUT2D eigenvalue weighted by Crippen LogP contribution is 2.41. The van der Waals surface area contributed by atoms with Crippen LogP contribution in [-0.4, -0.2) is 77.1 Å². The maximum atomic E-state index is 5.82. The van der Waals surface area contributed by atoms with E-state index in [1.54, 1.807) is 7.11 Å². The van der Waals surface area contributed by atoms with Crippen molar-refractivity contribution in [2.75, 3.05) is 60.1 Å². The van der Waals surface area contributed by atoms with Crippen molar-refractivity contribution in [2.45, 2.75) is 45.1 Å². The number of ether oxygens (including phenoxy) is 2. The topological polar surface area (TPSA) is 58.1 Å². The van der Waals surface area contributed by atoms with E-state index in [0.717, 1.165) is 58.3 Å². The van der Waals surface area contributed by atoms with Crippen LogP contribution in [0.25, 0.3) is 0 Å². The Bertz CT molecular complexity index is 383. The van der Waals surface area contributed by atoms with Gasteiger partial charge in [0, 0.05) is 46.4 Å². The molecule has 0 spiro atoms. The number of hydrogen-bond donors (Lipinski definition) is 2. The molecule has 1 saturated heterocycles. The van der Waals surface area contributed by atoms with Crippen LogP contribution in [0.5, 0.6) is 0 Å². The third-order valence-electron chi connectivity index (χ3n) is 5.26. The lowest BCUT2D eigenvalue weighted by Gasteiger charge is -2.31. The molecule has 2 fully saturated rings. The van der Waals surface area contributed by atoms with E-state index < -0.39 is 0 Å². The second-order valence-corrected chi connectivity index (χ2v) is 7.28. The number of guanidine groups is 1. The van der Waals surface area contributed by atoms with Gasteiger partial charge in [-0.1, -0.05) is 12.8 Å². The highest BCUT2D eigenvalue weighted by molar-refractivity contribution is 5.79. The summed E-state index contributed by atoms with van der Waals surface area (Å²) >= 11 is 0. The van der Waals surface area contributed by atoms with E-state index in [2.05, 4.69) is 29.5 Å². The molecule has 1 aliphatic heterocycles. The Morgan fingerprint density at radius 1 is 1.33 bits per heavy atom. The van der Waals surface area contributed by atoms with E-state index in [4.69, 9.17) is 14.5 Å². The Balaban J connectivity index is 1.86. The molecule has 24 heavy (non-hydrogen) atoms. The summed E-state index contributed by atoms with van der Waals surface area (Å²) in [4.78, 5) is 7.21. The van der Waals surface area contributed by atoms with Crippen molar-refractivity contribution in [2.24, 2.45) is 10.4 Å². The highest BCUT2D eigenvalue weighted by Gasteiger charge is 2.33. The number of rotatable bonds is 8. The molecule has 6 nitrogen and oxygen atoms in total. The fourth-order valence-electron chi connectivity index (χ4n) is 3.72. The minimum atomic E-state index is 0.238. The largest absolute Gasteiger partial charge is 0.385 e. The smallest absolute Gasteiger partial charge is 0.191 e. The Morgan fingerprint density at radius 3 is 2.79 bits per heavy atom. The van der Waals surface area contributed by atoms with Gasteiger partial charge < -0.3 is 25.0 Å². The standard InChI is InChI=1S/C18H36N4O2/c1-4-19-17(20-13-16-14-22(2)10-12-24-16)21-15-18(9-11-23-3)7-5-6-8-18/h16H,4-15H2,1-3H3,(H2,19,20,21). The molecule has 0 aromatic carbocycles. The Kier molecular flexibility index (Phi) is 8.29. The van der Waals surface area contributed by atoms with Crippen LogP contribution in [0.2, 0.25) is 0 Å². The Hall–Kier alpha value is -0.850. The fourth-order valence-corrected chi connectivity index (χ4v) is 3.72. The van der Waals surface area contributed by atoms with E-state index in [0.29, 0.717) is 5.41 Å². The minimum absolute atomic E-state index is 0.238. The summed E-state index contributed by atoms with van der Waals surface area (Å²) in [7, 11) is 3.94. The first-order chi connectivity index (χ1) is 11.7. The molecular formula is C18H36N4O2. The SMILES string of the molecule is CCNC(=NCC1(CCOC)CCCC1)NCC1CN(C)CCO1. The molecule has 0 amide bonds. The second kappa shape index (κ2) is 10.2. The Morgan fingerprint density at radius 2 is 2.12 bits per heavy atom. The molecule has 1 saturated carbocycles. The maximum Gasteiger partial charge on any atom is 0.191 e. The van der Waals surface area contributed by atoms with E-state index in [1.807, 2.05) is 0 Å². The maximum absolute atomic E-state index is 5.82. The number of aliphatic imine (C=N–C) groups is 1. The molecule has 0 aromatic rings. The predicted octanol–water partition coefficient (Wildman–Crippen LogP) is 1.47. The van der Waals surface area contributed by atoms with Gasteiger partial charge in [0.05, 0.1) is 12.7 Å². The molecule has 0 bridgehead atoms. The third kappa shape index (κ3) is 6.22. The van der Waals surface area contributed by atoms with Crippen LogP contribution in [0, 0.1) is 5.41 Å². The van der Waals surface area contributed by atoms with Crippen LogP contribution in [0.15, 0.2) is 4.99 Å². The molecule has 1 unspecified atom stereocenters. The molecule has 6 heteroatoms. The summed E-state index contributed by atoms with van der Waals surface area (Å²) in [5.74, 6) is 0.915. The van der Waals surface area contributed by atoms with Gasteiger partial charge in [0.1, 0.15) is 0 Å². The van der Waals surface area contributed by atoms with Crippen molar-refractivity contribution in [3.05, 3.63) is 0 Å². The van der Waals surface area contributed by atoms with Crippen LogP contribution < -0.4 is 10.6 Å². The summed E-state index contributed by atoms with van der Waals surface area (Å²) in [5.41, 5.74) is 0.333. The van der Waals surface area contributed by atoms with Gasteiger partial charge in [-0.15, -0.1) is 0 Å². The Labute approximate surface area is 147 Å². The van der Waals surface area contributed by atoms with Gasteiger partial charge in [-0.05, 0) is 38.6 Å². The van der Waals surface area contributed by atoms with Gasteiger partial charge in [0.25, 0.3) is 0 Å². The zero-order valence-corrected chi connectivity index (χ0v) is 15.8. The molecule has 1 heterocycles. The van der Waals surface area contributed by atoms with Crippen molar-refractivity contribution in [1.29, 1.82) is 0 Å². The summed E-state index contributed by atoms with van der Waals surface area (Å²) in [6.45, 7) is 8.33. The summed E-state index contributed by atoms with van der Waals surface area (Å²) in [5, 5.41) is 6.83. The van der Waals surface area contributed by atoms with Crippen LogP contribution in [0.3, 0.4) is 0 Å². The lowest BCUT2D eigenvalue weighted by atomic mass is 9.83. The van der Waals surface area contributed by atoms with Gasteiger partial charge in [-0.2, -0.15) is 0 Å². The molecule has 2 rings (SSSR count). The lowest BCUT2D eigenvalue weighted by molar-refractivity contribution is -0.0161. The van der Waals surface area contributed by atoms with Crippen molar-refractivity contribution >= 4 is 5.96 Å². The average Bonchev–Trinajstić information content (AvgIpc) is 3.05. The minimum Gasteiger partial charge on any atom is -0.385 e. The van der Waals surface area contributed by atoms with Crippen LogP contribution in [0.4, 0.5) is 0 Å². The molecule has 2 N–H and O–H groups in total. The summed E-state index contributed by atoms with van der Waals surface area (Å²) in [6.07, 6.45) is 6.55. The van der Waals surface area contributed by atoms with Gasteiger partial charge in [-0.25, -0.2) is 0 Å². The first kappa shape index (κ1) is 19.5. The molecular weight excluding hydrogens is 304 g/mol. The quantitative estimate of drug-likeness (QED) is 0.518. The number of likely N-dealkylation sites (N-methyl/N-ethyl adjacent to an activating group) is 1. The van der Waals surface area contributed by atoms with E-state index in [-0.39, 0.29) is 6.10 Å². The van der Waals surface area contributed by atoms with E-state index >= 15 is 0 Å². The van der Waals surface area contributed by atoms with Gasteiger partial charge >= 0.3 is 0 Å². The first-order valence-corrected chi connectivity index (χ1v) is 9.49. The first-order valence-electron chi connectivity index (χ1n) is 9.49. The molecule has 0 aromatic heterocycles. The normalized spacial score (nSPS) is 25.0. The van der Waals surface area contributed by atoms with Crippen LogP contribution in [0.1, 0.15) is 39.0 Å². The van der Waals surface area contributed by atoms with Crippen molar-refractivity contribution in [3.8, 4) is 0 Å². The second-order valence-electron chi connectivity index (χ2n) is 7.28. The summed E-state index contributed by atoms with van der Waals surface area (Å²) in [6, 6.07) is 0. The molecule has 1 aliphatic carbocycles. The summed E-state index contributed by atoms with van der Waals surface area (Å²) < 4.78 is 11.1. The number of nitrogens with one attached hydrogen (secondary N) is 2. The number of hydrogen-bond acceptors (Lipinski definition) is 4. The zero-order chi connectivity index (χ0) is 17.3. The number of methoxy groups -OCH3 is 1. The van der Waals surface area contributed by atoms with E-state index in [1.165, 1.54) is 25.7 Å². The molecule has 0 radical (unpaired) electrons. The number of morpholine rings is 1. The predicted molar refractivity (Wildman–Crippen MR) is 98.6 cm³/mol. The van der Waals surface area contributed by atoms with Gasteiger partial charge in [-0.3, -0.25) is 4.99 Å². The van der Waals surface area contributed by atoms with E-state index in [9.17, 15) is 0 Å². The van der Waals surface area contributed by atoms with Crippen LogP contribution in [-0.2, 0) is 9.47 Å². The highest BCUT2D eigenvalue weighted by atomic mass is 16.5. The monoisotopic (exact) mass is 340 g/mol. The number of nitrogens with zero attached hydrogens (tertiary/aromatic N) is 2.